The summed E-state index contributed by atoms with van der Waals surface area (Å²) in [5.74, 6) is -0.505. The van der Waals surface area contributed by atoms with Crippen molar-refractivity contribution in [3.63, 3.8) is 0 Å². The van der Waals surface area contributed by atoms with Gasteiger partial charge in [-0.2, -0.15) is 0 Å². The molecule has 0 radical (unpaired) electrons. The van der Waals surface area contributed by atoms with Crippen molar-refractivity contribution < 1.29 is 19.4 Å². The summed E-state index contributed by atoms with van der Waals surface area (Å²) in [6.45, 7) is 0.799. The third-order valence-corrected chi connectivity index (χ3v) is 4.18. The maximum atomic E-state index is 11.4. The van der Waals surface area contributed by atoms with E-state index in [2.05, 4.69) is 0 Å². The highest BCUT2D eigenvalue weighted by Gasteiger charge is 2.35. The van der Waals surface area contributed by atoms with Crippen molar-refractivity contribution in [1.29, 1.82) is 0 Å². The maximum Gasteiger partial charge on any atom is 0.311 e. The topological polar surface area (TPSA) is 55.8 Å². The van der Waals surface area contributed by atoms with Gasteiger partial charge in [-0.15, -0.1) is 0 Å². The van der Waals surface area contributed by atoms with E-state index in [1.54, 1.807) is 7.11 Å². The lowest BCUT2D eigenvalue weighted by molar-refractivity contribution is -0.138. The normalized spacial score (nSPS) is 25.3. The fourth-order valence-electron chi connectivity index (χ4n) is 3.30. The second-order valence-corrected chi connectivity index (χ2v) is 5.18. The minimum absolute atomic E-state index is 0.132. The van der Waals surface area contributed by atoms with Crippen LogP contribution >= 0.6 is 0 Å². The van der Waals surface area contributed by atoms with Crippen LogP contribution in [0.4, 0.5) is 0 Å². The summed E-state index contributed by atoms with van der Waals surface area (Å²) >= 11 is 0. The highest BCUT2D eigenvalue weighted by molar-refractivity contribution is 5.79. The van der Waals surface area contributed by atoms with Crippen LogP contribution in [0.5, 0.6) is 5.75 Å². The van der Waals surface area contributed by atoms with Crippen LogP contribution < -0.4 is 4.74 Å². The second kappa shape index (κ2) is 4.85. The number of benzene rings is 1. The van der Waals surface area contributed by atoms with Crippen molar-refractivity contribution in [1.82, 2.24) is 0 Å². The van der Waals surface area contributed by atoms with Gasteiger partial charge in [0.1, 0.15) is 5.75 Å². The zero-order valence-corrected chi connectivity index (χ0v) is 11.0. The first-order chi connectivity index (χ1) is 9.22. The number of carboxylic acid groups (broad SMARTS) is 1. The standard InChI is InChI=1S/C15H18O4/c1-18-13-7-6-9(12-3-2-8-19-12)10-4-5-11(14(10)13)15(16)17/h6-7,11-12H,2-5,8H2,1H3,(H,16,17). The van der Waals surface area contributed by atoms with E-state index >= 15 is 0 Å². The molecule has 0 saturated carbocycles. The maximum absolute atomic E-state index is 11.4. The van der Waals surface area contributed by atoms with E-state index in [-0.39, 0.29) is 6.10 Å². The van der Waals surface area contributed by atoms with E-state index in [4.69, 9.17) is 9.47 Å². The van der Waals surface area contributed by atoms with Gasteiger partial charge in [0.2, 0.25) is 0 Å². The van der Waals surface area contributed by atoms with Crippen LogP contribution in [-0.2, 0) is 16.0 Å². The SMILES string of the molecule is COc1ccc(C2CCCO2)c2c1C(C(=O)O)CC2. The predicted octanol–water partition coefficient (Wildman–Crippen LogP) is 2.66. The van der Waals surface area contributed by atoms with Crippen LogP contribution in [0, 0.1) is 0 Å². The zero-order valence-electron chi connectivity index (χ0n) is 11.0. The van der Waals surface area contributed by atoms with Crippen molar-refractivity contribution in [2.75, 3.05) is 13.7 Å². The third kappa shape index (κ3) is 2.00. The van der Waals surface area contributed by atoms with Crippen molar-refractivity contribution in [2.45, 2.75) is 37.7 Å². The van der Waals surface area contributed by atoms with Gasteiger partial charge in [-0.05, 0) is 42.9 Å². The number of hydrogen-bond donors (Lipinski definition) is 1. The van der Waals surface area contributed by atoms with Gasteiger partial charge in [-0.25, -0.2) is 0 Å². The number of ether oxygens (including phenoxy) is 2. The number of carbonyl (C=O) groups is 1. The van der Waals surface area contributed by atoms with E-state index < -0.39 is 11.9 Å². The summed E-state index contributed by atoms with van der Waals surface area (Å²) in [6, 6.07) is 3.93. The molecular formula is C15H18O4. The van der Waals surface area contributed by atoms with Gasteiger partial charge < -0.3 is 14.6 Å². The van der Waals surface area contributed by atoms with Gasteiger partial charge >= 0.3 is 5.97 Å². The molecule has 0 aromatic heterocycles. The first kappa shape index (κ1) is 12.5. The largest absolute Gasteiger partial charge is 0.496 e. The Morgan fingerprint density at radius 2 is 2.26 bits per heavy atom. The fourth-order valence-corrected chi connectivity index (χ4v) is 3.30. The summed E-state index contributed by atoms with van der Waals surface area (Å²) < 4.78 is 11.1. The monoisotopic (exact) mass is 262 g/mol. The minimum Gasteiger partial charge on any atom is -0.496 e. The molecule has 1 N–H and O–H groups in total. The lowest BCUT2D eigenvalue weighted by atomic mass is 9.94. The summed E-state index contributed by atoms with van der Waals surface area (Å²) in [6.07, 6.45) is 3.69. The number of rotatable bonds is 3. The van der Waals surface area contributed by atoms with Crippen molar-refractivity contribution >= 4 is 5.97 Å². The van der Waals surface area contributed by atoms with E-state index in [1.165, 1.54) is 0 Å². The molecule has 4 heteroatoms. The molecule has 1 aliphatic heterocycles. The van der Waals surface area contributed by atoms with Gasteiger partial charge in [0.15, 0.2) is 0 Å². The van der Waals surface area contributed by atoms with E-state index in [9.17, 15) is 9.90 Å². The third-order valence-electron chi connectivity index (χ3n) is 4.18. The minimum atomic E-state index is -0.762. The van der Waals surface area contributed by atoms with Crippen LogP contribution in [0.15, 0.2) is 12.1 Å². The molecule has 1 fully saturated rings. The van der Waals surface area contributed by atoms with Crippen molar-refractivity contribution in [3.05, 3.63) is 28.8 Å². The Labute approximate surface area is 112 Å². The van der Waals surface area contributed by atoms with Crippen LogP contribution in [0.25, 0.3) is 0 Å². The number of hydrogen-bond acceptors (Lipinski definition) is 3. The molecule has 2 atom stereocenters. The quantitative estimate of drug-likeness (QED) is 0.909. The first-order valence-electron chi connectivity index (χ1n) is 6.76. The van der Waals surface area contributed by atoms with Gasteiger partial charge in [0, 0.05) is 12.2 Å². The summed E-state index contributed by atoms with van der Waals surface area (Å²) in [7, 11) is 1.60. The molecule has 2 unspecified atom stereocenters. The smallest absolute Gasteiger partial charge is 0.311 e. The lowest BCUT2D eigenvalue weighted by Gasteiger charge is -2.18. The average molecular weight is 262 g/mol. The highest BCUT2D eigenvalue weighted by atomic mass is 16.5. The second-order valence-electron chi connectivity index (χ2n) is 5.18. The van der Waals surface area contributed by atoms with Gasteiger partial charge in [-0.3, -0.25) is 4.79 Å². The molecule has 1 saturated heterocycles. The Hall–Kier alpha value is -1.55. The summed E-state index contributed by atoms with van der Waals surface area (Å²) in [4.78, 5) is 11.4. The van der Waals surface area contributed by atoms with E-state index in [0.717, 1.165) is 42.6 Å². The number of aliphatic carboxylic acids is 1. The van der Waals surface area contributed by atoms with Gasteiger partial charge in [-0.1, -0.05) is 6.07 Å². The lowest BCUT2D eigenvalue weighted by Crippen LogP contribution is -2.10. The molecule has 1 heterocycles. The summed E-state index contributed by atoms with van der Waals surface area (Å²) in [5, 5.41) is 9.35. The zero-order chi connectivity index (χ0) is 13.4. The molecule has 0 amide bonds. The van der Waals surface area contributed by atoms with Crippen LogP contribution in [0.3, 0.4) is 0 Å². The summed E-state index contributed by atoms with van der Waals surface area (Å²) in [5.41, 5.74) is 3.17. The Morgan fingerprint density at radius 3 is 2.89 bits per heavy atom. The first-order valence-corrected chi connectivity index (χ1v) is 6.76. The molecule has 102 valence electrons. The molecule has 1 aromatic rings. The Balaban J connectivity index is 2.08. The molecular weight excluding hydrogens is 244 g/mol. The van der Waals surface area contributed by atoms with Crippen LogP contribution in [0.1, 0.15) is 48.0 Å². The van der Waals surface area contributed by atoms with Crippen molar-refractivity contribution in [2.24, 2.45) is 0 Å². The molecule has 4 nitrogen and oxygen atoms in total. The number of fused-ring (bicyclic) bond motifs is 1. The predicted molar refractivity (Wildman–Crippen MR) is 69.6 cm³/mol. The Morgan fingerprint density at radius 1 is 1.42 bits per heavy atom. The number of methoxy groups -OCH3 is 1. The Kier molecular flexibility index (Phi) is 3.19. The molecule has 2 aliphatic rings. The van der Waals surface area contributed by atoms with Gasteiger partial charge in [0.25, 0.3) is 0 Å². The molecule has 3 rings (SSSR count). The van der Waals surface area contributed by atoms with Crippen LogP contribution in [-0.4, -0.2) is 24.8 Å². The van der Waals surface area contributed by atoms with Crippen molar-refractivity contribution in [3.8, 4) is 5.75 Å². The van der Waals surface area contributed by atoms with Gasteiger partial charge in [0.05, 0.1) is 19.1 Å². The number of carboxylic acids is 1. The molecule has 0 bridgehead atoms. The highest BCUT2D eigenvalue weighted by Crippen LogP contribution is 2.44. The fraction of sp³-hybridized carbons (Fsp3) is 0.533. The van der Waals surface area contributed by atoms with Crippen LogP contribution in [0.2, 0.25) is 0 Å². The van der Waals surface area contributed by atoms with E-state index in [1.807, 2.05) is 12.1 Å². The molecule has 1 aliphatic carbocycles. The molecule has 1 aromatic carbocycles. The molecule has 19 heavy (non-hydrogen) atoms. The Bertz CT molecular complexity index is 503. The molecule has 0 spiro atoms. The van der Waals surface area contributed by atoms with E-state index in [0.29, 0.717) is 12.2 Å². The average Bonchev–Trinajstić information content (AvgIpc) is 3.06.